The first-order valence-corrected chi connectivity index (χ1v) is 11.7. The number of halogens is 1. The minimum absolute atomic E-state index is 0.0254. The van der Waals surface area contributed by atoms with Gasteiger partial charge in [0.1, 0.15) is 0 Å². The van der Waals surface area contributed by atoms with Crippen LogP contribution in [0.5, 0.6) is 0 Å². The van der Waals surface area contributed by atoms with Gasteiger partial charge >= 0.3 is 0 Å². The fourth-order valence-corrected chi connectivity index (χ4v) is 4.80. The number of thiazole rings is 1. The third kappa shape index (κ3) is 4.24. The predicted octanol–water partition coefficient (Wildman–Crippen LogP) is 6.76. The number of para-hydroxylation sites is 1. The van der Waals surface area contributed by atoms with Gasteiger partial charge < -0.3 is 10.3 Å². The molecule has 0 aliphatic rings. The molecule has 0 aliphatic carbocycles. The highest BCUT2D eigenvalue weighted by molar-refractivity contribution is 7.13. The van der Waals surface area contributed by atoms with Gasteiger partial charge in [-0.3, -0.25) is 4.79 Å². The van der Waals surface area contributed by atoms with Crippen LogP contribution in [-0.4, -0.2) is 20.9 Å². The zero-order chi connectivity index (χ0) is 22.1. The monoisotopic (exact) mass is 460 g/mol. The van der Waals surface area contributed by atoms with E-state index in [2.05, 4.69) is 27.4 Å². The number of hydrogen-bond acceptors (Lipinski definition) is 4. The highest BCUT2D eigenvalue weighted by Gasteiger charge is 2.16. The first-order valence-electron chi connectivity index (χ1n) is 10.4. The molecule has 3 aromatic heterocycles. The van der Waals surface area contributed by atoms with Crippen LogP contribution in [0.4, 0.5) is 5.13 Å². The van der Waals surface area contributed by atoms with Gasteiger partial charge in [-0.1, -0.05) is 35.9 Å². The molecule has 0 radical (unpaired) electrons. The largest absolute Gasteiger partial charge is 0.353 e. The summed E-state index contributed by atoms with van der Waals surface area (Å²) >= 11 is 7.74. The second-order valence-corrected chi connectivity index (χ2v) is 9.05. The maximum absolute atomic E-state index is 12.4. The van der Waals surface area contributed by atoms with Crippen LogP contribution in [0, 0.1) is 6.92 Å². The molecule has 0 fully saturated rings. The van der Waals surface area contributed by atoms with Crippen molar-refractivity contribution in [3.05, 3.63) is 76.3 Å². The van der Waals surface area contributed by atoms with Crippen molar-refractivity contribution in [2.45, 2.75) is 26.2 Å². The Bertz CT molecular complexity index is 1440. The summed E-state index contributed by atoms with van der Waals surface area (Å²) in [5.41, 5.74) is 5.86. The van der Waals surface area contributed by atoms with Crippen LogP contribution in [0.1, 0.15) is 24.1 Å². The summed E-state index contributed by atoms with van der Waals surface area (Å²) in [7, 11) is 0. The number of nitrogens with zero attached hydrogens (tertiary/aromatic N) is 2. The molecule has 0 spiro atoms. The van der Waals surface area contributed by atoms with E-state index in [0.717, 1.165) is 50.9 Å². The number of fused-ring (bicyclic) bond motifs is 2. The molecule has 7 heteroatoms. The highest BCUT2D eigenvalue weighted by Crippen LogP contribution is 2.33. The second-order valence-electron chi connectivity index (χ2n) is 7.75. The number of aromatic amines is 1. The SMILES string of the molecule is Cc1csc(NC(=O)CCCc2c(-c3ccc4ccccc4n3)[nH]c3ccc(Cl)cc23)n1. The van der Waals surface area contributed by atoms with Crippen LogP contribution in [0.2, 0.25) is 5.02 Å². The van der Waals surface area contributed by atoms with Crippen LogP contribution in [0.3, 0.4) is 0 Å². The summed E-state index contributed by atoms with van der Waals surface area (Å²) in [6.45, 7) is 1.91. The van der Waals surface area contributed by atoms with Gasteiger partial charge in [0.2, 0.25) is 5.91 Å². The molecule has 5 aromatic rings. The molecular weight excluding hydrogens is 440 g/mol. The lowest BCUT2D eigenvalue weighted by atomic mass is 10.0. The maximum Gasteiger partial charge on any atom is 0.226 e. The lowest BCUT2D eigenvalue weighted by Gasteiger charge is -2.07. The Morgan fingerprint density at radius 2 is 2.00 bits per heavy atom. The normalized spacial score (nSPS) is 11.3. The molecule has 0 bridgehead atoms. The number of aryl methyl sites for hydroxylation is 2. The number of anilines is 1. The summed E-state index contributed by atoms with van der Waals surface area (Å²) in [4.78, 5) is 25.1. The number of aromatic nitrogens is 3. The van der Waals surface area contributed by atoms with Gasteiger partial charge in [0.15, 0.2) is 5.13 Å². The molecule has 0 saturated heterocycles. The number of rotatable bonds is 6. The number of H-pyrrole nitrogens is 1. The van der Waals surface area contributed by atoms with Gasteiger partial charge in [-0.25, -0.2) is 9.97 Å². The summed E-state index contributed by atoms with van der Waals surface area (Å²) < 4.78 is 0. The first kappa shape index (κ1) is 20.7. The van der Waals surface area contributed by atoms with Crippen molar-refractivity contribution in [2.24, 2.45) is 0 Å². The molecule has 0 unspecified atom stereocenters. The lowest BCUT2D eigenvalue weighted by molar-refractivity contribution is -0.116. The average Bonchev–Trinajstić information content (AvgIpc) is 3.36. The topological polar surface area (TPSA) is 70.7 Å². The summed E-state index contributed by atoms with van der Waals surface area (Å²) in [6.07, 6.45) is 1.85. The zero-order valence-corrected chi connectivity index (χ0v) is 19.1. The number of carbonyl (C=O) groups excluding carboxylic acids is 1. The molecule has 2 N–H and O–H groups in total. The Morgan fingerprint density at radius 1 is 1.12 bits per heavy atom. The van der Waals surface area contributed by atoms with E-state index < -0.39 is 0 Å². The Morgan fingerprint density at radius 3 is 2.84 bits per heavy atom. The number of pyridine rings is 1. The lowest BCUT2D eigenvalue weighted by Crippen LogP contribution is -2.11. The fraction of sp³-hybridized carbons (Fsp3) is 0.160. The quantitative estimate of drug-likeness (QED) is 0.294. The molecule has 0 aliphatic heterocycles. The molecule has 0 saturated carbocycles. The van der Waals surface area contributed by atoms with E-state index in [1.807, 2.05) is 54.8 Å². The van der Waals surface area contributed by atoms with E-state index >= 15 is 0 Å². The summed E-state index contributed by atoms with van der Waals surface area (Å²) in [6, 6.07) is 18.0. The van der Waals surface area contributed by atoms with Crippen molar-refractivity contribution in [2.75, 3.05) is 5.32 Å². The molecule has 5 rings (SSSR count). The van der Waals surface area contributed by atoms with E-state index in [9.17, 15) is 4.79 Å². The highest BCUT2D eigenvalue weighted by atomic mass is 35.5. The van der Waals surface area contributed by atoms with Crippen molar-refractivity contribution in [3.8, 4) is 11.4 Å². The molecule has 1 amide bonds. The molecule has 5 nitrogen and oxygen atoms in total. The van der Waals surface area contributed by atoms with E-state index in [1.54, 1.807) is 0 Å². The molecule has 3 heterocycles. The van der Waals surface area contributed by atoms with Crippen LogP contribution in [0.15, 0.2) is 60.0 Å². The minimum atomic E-state index is -0.0254. The maximum atomic E-state index is 12.4. The molecular formula is C25H21ClN4OS. The van der Waals surface area contributed by atoms with Crippen molar-refractivity contribution in [3.63, 3.8) is 0 Å². The van der Waals surface area contributed by atoms with Crippen molar-refractivity contribution < 1.29 is 4.79 Å². The summed E-state index contributed by atoms with van der Waals surface area (Å²) in [5.74, 6) is -0.0254. The number of carbonyl (C=O) groups is 1. The number of amides is 1. The predicted molar refractivity (Wildman–Crippen MR) is 132 cm³/mol. The third-order valence-corrected chi connectivity index (χ3v) is 6.53. The fourth-order valence-electron chi connectivity index (χ4n) is 3.92. The average molecular weight is 461 g/mol. The Balaban J connectivity index is 1.42. The Hall–Kier alpha value is -3.22. The van der Waals surface area contributed by atoms with Crippen molar-refractivity contribution >= 4 is 55.8 Å². The van der Waals surface area contributed by atoms with Crippen LogP contribution in [0.25, 0.3) is 33.2 Å². The van der Waals surface area contributed by atoms with Gasteiger partial charge in [-0.05, 0) is 55.7 Å². The smallest absolute Gasteiger partial charge is 0.226 e. The van der Waals surface area contributed by atoms with Crippen LogP contribution >= 0.6 is 22.9 Å². The van der Waals surface area contributed by atoms with Crippen molar-refractivity contribution in [1.29, 1.82) is 0 Å². The van der Waals surface area contributed by atoms with Gasteiger partial charge in [-0.15, -0.1) is 11.3 Å². The van der Waals surface area contributed by atoms with Crippen molar-refractivity contribution in [1.82, 2.24) is 15.0 Å². The van der Waals surface area contributed by atoms with Crippen LogP contribution in [-0.2, 0) is 11.2 Å². The molecule has 0 atom stereocenters. The third-order valence-electron chi connectivity index (χ3n) is 5.42. The van der Waals surface area contributed by atoms with Gasteiger partial charge in [0.05, 0.1) is 22.6 Å². The molecule has 2 aromatic carbocycles. The standard InChI is InChI=1S/C25H21ClN4OS/c1-15-14-32-25(27-15)30-23(31)8-4-6-18-19-13-17(26)10-12-21(19)29-24(18)22-11-9-16-5-2-3-7-20(16)28-22/h2-3,5,7,9-14,29H,4,6,8H2,1H3,(H,27,30,31). The minimum Gasteiger partial charge on any atom is -0.353 e. The first-order chi connectivity index (χ1) is 15.6. The number of benzene rings is 2. The zero-order valence-electron chi connectivity index (χ0n) is 17.5. The number of hydrogen-bond donors (Lipinski definition) is 2. The molecule has 32 heavy (non-hydrogen) atoms. The van der Waals surface area contributed by atoms with E-state index in [-0.39, 0.29) is 5.91 Å². The van der Waals surface area contributed by atoms with Crippen LogP contribution < -0.4 is 5.32 Å². The second kappa shape index (κ2) is 8.73. The van der Waals surface area contributed by atoms with E-state index in [1.165, 1.54) is 11.3 Å². The Labute approximate surface area is 194 Å². The number of nitrogens with one attached hydrogen (secondary N) is 2. The van der Waals surface area contributed by atoms with Gasteiger partial charge in [-0.2, -0.15) is 0 Å². The summed E-state index contributed by atoms with van der Waals surface area (Å²) in [5, 5.41) is 8.31. The van der Waals surface area contributed by atoms with Gasteiger partial charge in [0, 0.05) is 33.1 Å². The van der Waals surface area contributed by atoms with Gasteiger partial charge in [0.25, 0.3) is 0 Å². The Kier molecular flexibility index (Phi) is 5.64. The van der Waals surface area contributed by atoms with E-state index in [4.69, 9.17) is 16.6 Å². The van der Waals surface area contributed by atoms with E-state index in [0.29, 0.717) is 23.0 Å². The molecule has 160 valence electrons.